The lowest BCUT2D eigenvalue weighted by molar-refractivity contribution is -0.135. The largest absolute Gasteiger partial charge is 0.372 e. The molecule has 19 heavy (non-hydrogen) atoms. The highest BCUT2D eigenvalue weighted by molar-refractivity contribution is 5.87. The van der Waals surface area contributed by atoms with Crippen LogP contribution in [0, 0.1) is 0 Å². The van der Waals surface area contributed by atoms with Gasteiger partial charge in [-0.05, 0) is 12.5 Å². The van der Waals surface area contributed by atoms with Crippen molar-refractivity contribution in [3.05, 3.63) is 35.9 Å². The van der Waals surface area contributed by atoms with E-state index < -0.39 is 0 Å². The van der Waals surface area contributed by atoms with Crippen molar-refractivity contribution in [3.8, 4) is 0 Å². The summed E-state index contributed by atoms with van der Waals surface area (Å²) in [5, 5.41) is 0. The summed E-state index contributed by atoms with van der Waals surface area (Å²) in [5.74, 6) is -0.0352. The maximum atomic E-state index is 11.5. The summed E-state index contributed by atoms with van der Waals surface area (Å²) < 4.78 is 5.80. The molecule has 0 saturated carbocycles. The first-order chi connectivity index (χ1) is 9.08. The Hall–Kier alpha value is -1.68. The molecule has 1 aromatic carbocycles. The Bertz CT molecular complexity index is 436. The van der Waals surface area contributed by atoms with Crippen molar-refractivity contribution in [1.29, 1.82) is 0 Å². The normalized spacial score (nSPS) is 22.5. The molecule has 4 nitrogen and oxygen atoms in total. The van der Waals surface area contributed by atoms with E-state index in [2.05, 4.69) is 0 Å². The van der Waals surface area contributed by atoms with E-state index in [1.165, 1.54) is 13.8 Å². The molecule has 1 aliphatic heterocycles. The lowest BCUT2D eigenvalue weighted by Gasteiger charge is -2.20. The smallest absolute Gasteiger partial charge is 0.220 e. The molecular formula is C15H19NO3. The summed E-state index contributed by atoms with van der Waals surface area (Å²) >= 11 is 0. The van der Waals surface area contributed by atoms with Crippen molar-refractivity contribution in [3.63, 3.8) is 0 Å². The van der Waals surface area contributed by atoms with Crippen LogP contribution in [0.25, 0.3) is 0 Å². The molecule has 102 valence electrons. The van der Waals surface area contributed by atoms with E-state index >= 15 is 0 Å². The van der Waals surface area contributed by atoms with Crippen LogP contribution in [0.1, 0.15) is 25.8 Å². The standard InChI is InChI=1S/C15H19NO3/c1-11(17)15-8-14(9-16(15)12(2)18)19-10-13-6-4-3-5-7-13/h3-7,14-15H,8-10H2,1-2H3. The molecule has 2 rings (SSSR count). The number of hydrogen-bond donors (Lipinski definition) is 0. The molecule has 1 saturated heterocycles. The molecule has 1 aromatic rings. The monoisotopic (exact) mass is 261 g/mol. The zero-order valence-corrected chi connectivity index (χ0v) is 11.3. The first-order valence-electron chi connectivity index (χ1n) is 6.51. The maximum Gasteiger partial charge on any atom is 0.220 e. The van der Waals surface area contributed by atoms with Gasteiger partial charge in [0.15, 0.2) is 5.78 Å². The summed E-state index contributed by atoms with van der Waals surface area (Å²) in [6, 6.07) is 9.57. The van der Waals surface area contributed by atoms with Crippen molar-refractivity contribution < 1.29 is 14.3 Å². The first-order valence-corrected chi connectivity index (χ1v) is 6.51. The molecule has 1 aliphatic rings. The number of rotatable bonds is 4. The van der Waals surface area contributed by atoms with Crippen LogP contribution in [0.15, 0.2) is 30.3 Å². The number of benzene rings is 1. The third kappa shape index (κ3) is 3.41. The molecule has 1 fully saturated rings. The fraction of sp³-hybridized carbons (Fsp3) is 0.467. The average molecular weight is 261 g/mol. The lowest BCUT2D eigenvalue weighted by Crippen LogP contribution is -2.38. The summed E-state index contributed by atoms with van der Waals surface area (Å²) in [5.41, 5.74) is 1.10. The number of likely N-dealkylation sites (tertiary alicyclic amines) is 1. The van der Waals surface area contributed by atoms with E-state index in [4.69, 9.17) is 4.74 Å². The predicted molar refractivity (Wildman–Crippen MR) is 71.5 cm³/mol. The molecule has 1 heterocycles. The Morgan fingerprint density at radius 1 is 1.26 bits per heavy atom. The molecule has 4 heteroatoms. The predicted octanol–water partition coefficient (Wildman–Crippen LogP) is 1.78. The summed E-state index contributed by atoms with van der Waals surface area (Å²) in [6.45, 7) is 4.05. The number of ether oxygens (including phenoxy) is 1. The Labute approximate surface area is 113 Å². The average Bonchev–Trinajstić information content (AvgIpc) is 2.82. The second-order valence-corrected chi connectivity index (χ2v) is 4.95. The molecule has 0 spiro atoms. The van der Waals surface area contributed by atoms with Gasteiger partial charge in [0.25, 0.3) is 0 Å². The SMILES string of the molecule is CC(=O)C1CC(OCc2ccccc2)CN1C(C)=O. The number of carbonyl (C=O) groups is 2. The Kier molecular flexibility index (Phi) is 4.32. The minimum Gasteiger partial charge on any atom is -0.372 e. The topological polar surface area (TPSA) is 46.6 Å². The summed E-state index contributed by atoms with van der Waals surface area (Å²) in [4.78, 5) is 24.6. The third-order valence-electron chi connectivity index (χ3n) is 3.46. The number of carbonyl (C=O) groups excluding carboxylic acids is 2. The highest BCUT2D eigenvalue weighted by Crippen LogP contribution is 2.22. The van der Waals surface area contributed by atoms with Gasteiger partial charge in [0.05, 0.1) is 18.8 Å². The third-order valence-corrected chi connectivity index (χ3v) is 3.46. The van der Waals surface area contributed by atoms with Gasteiger partial charge < -0.3 is 9.64 Å². The van der Waals surface area contributed by atoms with Gasteiger partial charge in [-0.2, -0.15) is 0 Å². The molecule has 0 aliphatic carbocycles. The fourth-order valence-electron chi connectivity index (χ4n) is 2.44. The first kappa shape index (κ1) is 13.7. The van der Waals surface area contributed by atoms with Crippen LogP contribution < -0.4 is 0 Å². The lowest BCUT2D eigenvalue weighted by atomic mass is 10.1. The van der Waals surface area contributed by atoms with Crippen LogP contribution in [0.3, 0.4) is 0 Å². The number of hydrogen-bond acceptors (Lipinski definition) is 3. The van der Waals surface area contributed by atoms with Gasteiger partial charge in [-0.1, -0.05) is 30.3 Å². The van der Waals surface area contributed by atoms with Crippen molar-refractivity contribution in [2.75, 3.05) is 6.54 Å². The van der Waals surface area contributed by atoms with Crippen LogP contribution in [0.4, 0.5) is 0 Å². The second-order valence-electron chi connectivity index (χ2n) is 4.95. The van der Waals surface area contributed by atoms with Crippen LogP contribution in [0.2, 0.25) is 0 Å². The Morgan fingerprint density at radius 2 is 1.95 bits per heavy atom. The van der Waals surface area contributed by atoms with Crippen LogP contribution in [-0.4, -0.2) is 35.3 Å². The Morgan fingerprint density at radius 3 is 2.47 bits per heavy atom. The molecule has 1 amide bonds. The molecule has 0 radical (unpaired) electrons. The maximum absolute atomic E-state index is 11.5. The molecule has 0 bridgehead atoms. The number of Topliss-reactive ketones (excluding diaryl/α,β-unsaturated/α-hetero) is 1. The van der Waals surface area contributed by atoms with Gasteiger partial charge in [0.1, 0.15) is 0 Å². The van der Waals surface area contributed by atoms with Gasteiger partial charge >= 0.3 is 0 Å². The quantitative estimate of drug-likeness (QED) is 0.830. The molecular weight excluding hydrogens is 242 g/mol. The van der Waals surface area contributed by atoms with Crippen molar-refractivity contribution in [1.82, 2.24) is 4.90 Å². The molecule has 0 aromatic heterocycles. The minimum absolute atomic E-state index is 0.0287. The van der Waals surface area contributed by atoms with Crippen LogP contribution in [0.5, 0.6) is 0 Å². The summed E-state index contributed by atoms with van der Waals surface area (Å²) in [6.07, 6.45) is 0.542. The summed E-state index contributed by atoms with van der Waals surface area (Å²) in [7, 11) is 0. The van der Waals surface area contributed by atoms with Gasteiger partial charge in [0, 0.05) is 19.9 Å². The number of ketones is 1. The van der Waals surface area contributed by atoms with Gasteiger partial charge in [0.2, 0.25) is 5.91 Å². The minimum atomic E-state index is -0.321. The van der Waals surface area contributed by atoms with Gasteiger partial charge in [-0.25, -0.2) is 0 Å². The van der Waals surface area contributed by atoms with E-state index in [0.717, 1.165) is 5.56 Å². The van der Waals surface area contributed by atoms with Crippen molar-refractivity contribution in [2.45, 2.75) is 39.0 Å². The number of nitrogens with zero attached hydrogens (tertiary/aromatic N) is 1. The fourth-order valence-corrected chi connectivity index (χ4v) is 2.44. The van der Waals surface area contributed by atoms with E-state index in [-0.39, 0.29) is 23.8 Å². The van der Waals surface area contributed by atoms with Crippen molar-refractivity contribution >= 4 is 11.7 Å². The van der Waals surface area contributed by atoms with E-state index in [9.17, 15) is 9.59 Å². The van der Waals surface area contributed by atoms with Crippen LogP contribution in [-0.2, 0) is 20.9 Å². The van der Waals surface area contributed by atoms with E-state index in [1.807, 2.05) is 30.3 Å². The Balaban J connectivity index is 1.93. The molecule has 0 N–H and O–H groups in total. The molecule has 2 unspecified atom stereocenters. The highest BCUT2D eigenvalue weighted by atomic mass is 16.5. The molecule has 2 atom stereocenters. The second kappa shape index (κ2) is 5.97. The van der Waals surface area contributed by atoms with E-state index in [1.54, 1.807) is 4.90 Å². The number of amides is 1. The van der Waals surface area contributed by atoms with E-state index in [0.29, 0.717) is 19.6 Å². The van der Waals surface area contributed by atoms with Gasteiger partial charge in [-0.15, -0.1) is 0 Å². The zero-order chi connectivity index (χ0) is 13.8. The van der Waals surface area contributed by atoms with Crippen LogP contribution >= 0.6 is 0 Å². The van der Waals surface area contributed by atoms with Gasteiger partial charge in [-0.3, -0.25) is 9.59 Å². The zero-order valence-electron chi connectivity index (χ0n) is 11.3. The van der Waals surface area contributed by atoms with Crippen molar-refractivity contribution in [2.24, 2.45) is 0 Å². The highest BCUT2D eigenvalue weighted by Gasteiger charge is 2.36.